The summed E-state index contributed by atoms with van der Waals surface area (Å²) in [6.07, 6.45) is 3.99. The molecule has 0 saturated heterocycles. The molecule has 4 nitrogen and oxygen atoms in total. The van der Waals surface area contributed by atoms with Crippen molar-refractivity contribution in [2.45, 2.75) is 32.6 Å². The van der Waals surface area contributed by atoms with Gasteiger partial charge in [-0.2, -0.15) is 0 Å². The van der Waals surface area contributed by atoms with E-state index in [9.17, 15) is 0 Å². The van der Waals surface area contributed by atoms with Crippen LogP contribution in [0.15, 0.2) is 6.07 Å². The summed E-state index contributed by atoms with van der Waals surface area (Å²) in [7, 11) is 0. The molecule has 0 amide bonds. The maximum absolute atomic E-state index is 8.99. The monoisotopic (exact) mass is 279 g/mol. The molecule has 1 aliphatic rings. The van der Waals surface area contributed by atoms with E-state index < -0.39 is 0 Å². The largest absolute Gasteiger partial charge is 0.396 e. The minimum Gasteiger partial charge on any atom is -0.396 e. The molecule has 0 fully saturated rings. The number of anilines is 1. The van der Waals surface area contributed by atoms with Crippen LogP contribution in [0.5, 0.6) is 0 Å². The number of rotatable bonds is 6. The fraction of sp³-hybridized carbons (Fsp3) is 0.571. The number of aromatic nitrogens is 1. The Morgan fingerprint density at radius 2 is 2.32 bits per heavy atom. The second-order valence-electron chi connectivity index (χ2n) is 4.84. The standard InChI is InChI=1S/C14H21N3OS/c1-2-17(7-4-8-18)14-11(13(15)19)9-10-5-3-6-12(10)16-14/h9,18H,2-8H2,1H3,(H2,15,19). The van der Waals surface area contributed by atoms with Gasteiger partial charge in [-0.15, -0.1) is 0 Å². The highest BCUT2D eigenvalue weighted by Gasteiger charge is 2.20. The Balaban J connectivity index is 2.38. The van der Waals surface area contributed by atoms with Gasteiger partial charge in [-0.25, -0.2) is 4.98 Å². The normalized spacial score (nSPS) is 13.4. The summed E-state index contributed by atoms with van der Waals surface area (Å²) in [5, 5.41) is 8.99. The van der Waals surface area contributed by atoms with Crippen molar-refractivity contribution in [1.82, 2.24) is 4.98 Å². The molecule has 0 bridgehead atoms. The third kappa shape index (κ3) is 3.04. The Hall–Kier alpha value is -1.20. The average molecular weight is 279 g/mol. The van der Waals surface area contributed by atoms with E-state index in [0.717, 1.165) is 50.2 Å². The van der Waals surface area contributed by atoms with Gasteiger partial charge >= 0.3 is 0 Å². The number of aliphatic hydroxyl groups excluding tert-OH is 1. The predicted molar refractivity (Wildman–Crippen MR) is 81.7 cm³/mol. The predicted octanol–water partition coefficient (Wildman–Crippen LogP) is 1.41. The van der Waals surface area contributed by atoms with Gasteiger partial charge in [0.25, 0.3) is 0 Å². The van der Waals surface area contributed by atoms with Gasteiger partial charge < -0.3 is 15.7 Å². The summed E-state index contributed by atoms with van der Waals surface area (Å²) >= 11 is 5.16. The molecule has 0 radical (unpaired) electrons. The highest BCUT2D eigenvalue weighted by Crippen LogP contribution is 2.27. The smallest absolute Gasteiger partial charge is 0.139 e. The fourth-order valence-electron chi connectivity index (χ4n) is 2.56. The zero-order valence-electron chi connectivity index (χ0n) is 11.4. The van der Waals surface area contributed by atoms with E-state index in [1.54, 1.807) is 0 Å². The lowest BCUT2D eigenvalue weighted by atomic mass is 10.1. The van der Waals surface area contributed by atoms with Crippen LogP contribution in [0.4, 0.5) is 5.82 Å². The van der Waals surface area contributed by atoms with E-state index in [4.69, 9.17) is 28.0 Å². The lowest BCUT2D eigenvalue weighted by Gasteiger charge is -2.24. The first-order chi connectivity index (χ1) is 9.17. The third-order valence-electron chi connectivity index (χ3n) is 3.56. The van der Waals surface area contributed by atoms with Gasteiger partial charge in [0.1, 0.15) is 10.8 Å². The van der Waals surface area contributed by atoms with Crippen LogP contribution in [0.3, 0.4) is 0 Å². The Morgan fingerprint density at radius 1 is 1.53 bits per heavy atom. The quantitative estimate of drug-likeness (QED) is 0.771. The van der Waals surface area contributed by atoms with Gasteiger partial charge in [-0.3, -0.25) is 0 Å². The molecular formula is C14H21N3OS. The zero-order valence-corrected chi connectivity index (χ0v) is 12.2. The molecular weight excluding hydrogens is 258 g/mol. The molecule has 0 atom stereocenters. The van der Waals surface area contributed by atoms with Crippen LogP contribution in [-0.4, -0.2) is 34.8 Å². The van der Waals surface area contributed by atoms with Crippen molar-refractivity contribution in [3.8, 4) is 0 Å². The lowest BCUT2D eigenvalue weighted by Crippen LogP contribution is -2.29. The number of aryl methyl sites for hydroxylation is 2. The molecule has 1 heterocycles. The number of fused-ring (bicyclic) bond motifs is 1. The Morgan fingerprint density at radius 3 is 2.95 bits per heavy atom. The van der Waals surface area contributed by atoms with Crippen LogP contribution in [0.2, 0.25) is 0 Å². The van der Waals surface area contributed by atoms with Crippen molar-refractivity contribution in [2.75, 3.05) is 24.6 Å². The summed E-state index contributed by atoms with van der Waals surface area (Å²) in [5.74, 6) is 0.879. The second kappa shape index (κ2) is 6.30. The molecule has 2 rings (SSSR count). The van der Waals surface area contributed by atoms with Crippen LogP contribution in [-0.2, 0) is 12.8 Å². The number of aliphatic hydroxyl groups is 1. The summed E-state index contributed by atoms with van der Waals surface area (Å²) in [4.78, 5) is 7.32. The van der Waals surface area contributed by atoms with Gasteiger partial charge in [-0.05, 0) is 44.2 Å². The van der Waals surface area contributed by atoms with Gasteiger partial charge in [-0.1, -0.05) is 12.2 Å². The number of nitrogens with two attached hydrogens (primary N) is 1. The van der Waals surface area contributed by atoms with Crippen molar-refractivity contribution in [3.05, 3.63) is 22.9 Å². The lowest BCUT2D eigenvalue weighted by molar-refractivity contribution is 0.289. The summed E-state index contributed by atoms with van der Waals surface area (Å²) in [6.45, 7) is 3.87. The highest BCUT2D eigenvalue weighted by molar-refractivity contribution is 7.80. The highest BCUT2D eigenvalue weighted by atomic mass is 32.1. The van der Waals surface area contributed by atoms with Crippen molar-refractivity contribution in [3.63, 3.8) is 0 Å². The minimum absolute atomic E-state index is 0.184. The molecule has 0 aliphatic heterocycles. The molecule has 5 heteroatoms. The molecule has 19 heavy (non-hydrogen) atoms. The topological polar surface area (TPSA) is 62.4 Å². The van der Waals surface area contributed by atoms with E-state index in [1.807, 2.05) is 0 Å². The van der Waals surface area contributed by atoms with Crippen molar-refractivity contribution < 1.29 is 5.11 Å². The SMILES string of the molecule is CCN(CCCO)c1nc2c(cc1C(N)=S)CCC2. The Bertz CT molecular complexity index is 476. The minimum atomic E-state index is 0.184. The van der Waals surface area contributed by atoms with Crippen LogP contribution < -0.4 is 10.6 Å². The molecule has 0 aromatic carbocycles. The van der Waals surface area contributed by atoms with Crippen LogP contribution in [0.25, 0.3) is 0 Å². The molecule has 0 spiro atoms. The maximum Gasteiger partial charge on any atom is 0.139 e. The first-order valence-corrected chi connectivity index (χ1v) is 7.26. The van der Waals surface area contributed by atoms with E-state index in [2.05, 4.69) is 17.9 Å². The first kappa shape index (κ1) is 14.2. The van der Waals surface area contributed by atoms with Crippen LogP contribution in [0.1, 0.15) is 36.6 Å². The number of hydrogen-bond donors (Lipinski definition) is 2. The average Bonchev–Trinajstić information content (AvgIpc) is 2.85. The van der Waals surface area contributed by atoms with E-state index in [0.29, 0.717) is 4.99 Å². The van der Waals surface area contributed by atoms with Gasteiger partial charge in [0.15, 0.2) is 0 Å². The van der Waals surface area contributed by atoms with E-state index >= 15 is 0 Å². The maximum atomic E-state index is 8.99. The van der Waals surface area contributed by atoms with E-state index in [1.165, 1.54) is 11.3 Å². The van der Waals surface area contributed by atoms with Crippen LogP contribution >= 0.6 is 12.2 Å². The number of thiocarbonyl (C=S) groups is 1. The van der Waals surface area contributed by atoms with Gasteiger partial charge in [0, 0.05) is 25.4 Å². The second-order valence-corrected chi connectivity index (χ2v) is 5.28. The van der Waals surface area contributed by atoms with Crippen molar-refractivity contribution in [2.24, 2.45) is 5.73 Å². The Kier molecular flexibility index (Phi) is 4.71. The van der Waals surface area contributed by atoms with Gasteiger partial charge in [0.2, 0.25) is 0 Å². The molecule has 0 saturated carbocycles. The molecule has 0 unspecified atom stereocenters. The number of hydrogen-bond acceptors (Lipinski definition) is 4. The summed E-state index contributed by atoms with van der Waals surface area (Å²) in [5.41, 5.74) is 9.18. The zero-order chi connectivity index (χ0) is 13.8. The number of nitrogens with zero attached hydrogens (tertiary/aromatic N) is 2. The summed E-state index contributed by atoms with van der Waals surface area (Å²) < 4.78 is 0. The molecule has 1 aromatic heterocycles. The Labute approximate surface area is 119 Å². The van der Waals surface area contributed by atoms with Crippen LogP contribution in [0, 0.1) is 0 Å². The summed E-state index contributed by atoms with van der Waals surface area (Å²) in [6, 6.07) is 2.11. The van der Waals surface area contributed by atoms with Crippen molar-refractivity contribution in [1.29, 1.82) is 0 Å². The third-order valence-corrected chi connectivity index (χ3v) is 3.78. The first-order valence-electron chi connectivity index (χ1n) is 6.85. The molecule has 1 aliphatic carbocycles. The molecule has 1 aromatic rings. The van der Waals surface area contributed by atoms with E-state index in [-0.39, 0.29) is 6.61 Å². The molecule has 3 N–H and O–H groups in total. The van der Waals surface area contributed by atoms with Crippen molar-refractivity contribution >= 4 is 23.0 Å². The fourth-order valence-corrected chi connectivity index (χ4v) is 2.71. The molecule has 104 valence electrons. The van der Waals surface area contributed by atoms with Gasteiger partial charge in [0.05, 0.1) is 5.56 Å². The number of pyridine rings is 1.